The van der Waals surface area contributed by atoms with Gasteiger partial charge < -0.3 is 20.1 Å². The van der Waals surface area contributed by atoms with Crippen molar-refractivity contribution < 1.29 is 14.4 Å². The number of amides is 1. The average molecular weight is 414 g/mol. The number of hydrogen-bond donors (Lipinski definition) is 3. The van der Waals surface area contributed by atoms with Crippen molar-refractivity contribution >= 4 is 29.0 Å². The molecule has 0 fully saturated rings. The summed E-state index contributed by atoms with van der Waals surface area (Å²) in [5.74, 6) is 0.306. The second-order valence-electron chi connectivity index (χ2n) is 7.35. The van der Waals surface area contributed by atoms with Crippen LogP contribution in [0.2, 0.25) is 0 Å². The normalized spacial score (nSPS) is 10.9. The second-order valence-corrected chi connectivity index (χ2v) is 7.35. The number of H-pyrrole nitrogens is 2. The number of imidazole rings is 1. The van der Waals surface area contributed by atoms with Gasteiger partial charge in [-0.3, -0.25) is 9.59 Å². The van der Waals surface area contributed by atoms with E-state index in [-0.39, 0.29) is 24.7 Å². The number of nitrogens with zero attached hydrogens (tertiary/aromatic N) is 1. The fourth-order valence-corrected chi connectivity index (χ4v) is 3.69. The quantitative estimate of drug-likeness (QED) is 0.243. The lowest BCUT2D eigenvalue weighted by Gasteiger charge is -2.02. The van der Waals surface area contributed by atoms with Crippen LogP contribution in [0.3, 0.4) is 0 Å². The number of aryl methyl sites for hydroxylation is 1. The van der Waals surface area contributed by atoms with Crippen LogP contribution in [0.15, 0.2) is 48.5 Å². The van der Waals surface area contributed by atoms with Crippen LogP contribution in [0.25, 0.3) is 22.4 Å². The summed E-state index contributed by atoms with van der Waals surface area (Å²) >= 11 is 0. The monoisotopic (exact) mass is 414 g/mol. The summed E-state index contributed by atoms with van der Waals surface area (Å²) in [4.78, 5) is 46.7. The highest BCUT2D eigenvalue weighted by Crippen LogP contribution is 2.29. The molecule has 156 valence electrons. The molecule has 0 aliphatic heterocycles. The Hall–Kier alpha value is -4.00. The van der Waals surface area contributed by atoms with Crippen molar-refractivity contribution in [3.05, 3.63) is 76.6 Å². The molecule has 2 aromatic heterocycles. The molecule has 1 amide bonds. The molecule has 0 bridgehead atoms. The third-order valence-corrected chi connectivity index (χ3v) is 5.23. The molecule has 0 radical (unpaired) electrons. The number of carbonyl (C=O) groups is 3. The Morgan fingerprint density at radius 3 is 2.55 bits per heavy atom. The summed E-state index contributed by atoms with van der Waals surface area (Å²) in [6.45, 7) is 4.02. The van der Waals surface area contributed by atoms with Crippen molar-refractivity contribution in [1.82, 2.24) is 20.3 Å². The molecular formula is C24H22N4O3. The highest BCUT2D eigenvalue weighted by Gasteiger charge is 2.21. The number of aromatic amines is 2. The summed E-state index contributed by atoms with van der Waals surface area (Å²) in [6.07, 6.45) is 1.04. The van der Waals surface area contributed by atoms with Gasteiger partial charge in [0.2, 0.25) is 0 Å². The first kappa shape index (κ1) is 20.3. The van der Waals surface area contributed by atoms with Crippen molar-refractivity contribution in [1.29, 1.82) is 0 Å². The van der Waals surface area contributed by atoms with Crippen LogP contribution in [-0.2, 0) is 4.79 Å². The van der Waals surface area contributed by atoms with E-state index >= 15 is 0 Å². The number of hydrogen-bond acceptors (Lipinski definition) is 4. The number of fused-ring (bicyclic) bond motifs is 1. The highest BCUT2D eigenvalue weighted by molar-refractivity contribution is 6.10. The van der Waals surface area contributed by atoms with Crippen LogP contribution < -0.4 is 5.32 Å². The lowest BCUT2D eigenvalue weighted by atomic mass is 10.0. The highest BCUT2D eigenvalue weighted by atomic mass is 16.2. The van der Waals surface area contributed by atoms with Gasteiger partial charge in [0.05, 0.1) is 11.0 Å². The van der Waals surface area contributed by atoms with E-state index in [9.17, 15) is 14.4 Å². The molecule has 0 saturated heterocycles. The predicted octanol–water partition coefficient (Wildman–Crippen LogP) is 3.72. The van der Waals surface area contributed by atoms with Crippen molar-refractivity contribution in [3.8, 4) is 11.4 Å². The zero-order chi connectivity index (χ0) is 22.0. The van der Waals surface area contributed by atoms with E-state index in [1.165, 1.54) is 0 Å². The Morgan fingerprint density at radius 1 is 1.03 bits per heavy atom. The van der Waals surface area contributed by atoms with Crippen LogP contribution >= 0.6 is 0 Å². The molecule has 2 heterocycles. The van der Waals surface area contributed by atoms with Crippen LogP contribution in [0.4, 0.5) is 0 Å². The van der Waals surface area contributed by atoms with E-state index in [0.717, 1.165) is 34.1 Å². The van der Waals surface area contributed by atoms with Crippen LogP contribution in [-0.4, -0.2) is 39.5 Å². The fraction of sp³-hybridized carbons (Fsp3) is 0.167. The fourth-order valence-electron chi connectivity index (χ4n) is 3.69. The first-order valence-electron chi connectivity index (χ1n) is 10.0. The van der Waals surface area contributed by atoms with Gasteiger partial charge in [-0.1, -0.05) is 30.3 Å². The van der Waals surface area contributed by atoms with E-state index in [0.29, 0.717) is 22.6 Å². The topological polar surface area (TPSA) is 108 Å². The second kappa shape index (κ2) is 8.39. The minimum atomic E-state index is -0.263. The molecule has 0 aliphatic carbocycles. The first-order chi connectivity index (χ1) is 15.0. The van der Waals surface area contributed by atoms with E-state index in [1.54, 1.807) is 24.3 Å². The van der Waals surface area contributed by atoms with Gasteiger partial charge in [0, 0.05) is 35.3 Å². The molecular weight excluding hydrogens is 392 g/mol. The summed E-state index contributed by atoms with van der Waals surface area (Å²) < 4.78 is 0. The molecule has 3 N–H and O–H groups in total. The number of benzene rings is 2. The van der Waals surface area contributed by atoms with Gasteiger partial charge in [-0.25, -0.2) is 4.98 Å². The molecule has 0 atom stereocenters. The molecule has 0 aliphatic rings. The molecule has 7 nitrogen and oxygen atoms in total. The third kappa shape index (κ3) is 3.90. The molecule has 0 saturated carbocycles. The van der Waals surface area contributed by atoms with Gasteiger partial charge in [-0.2, -0.15) is 0 Å². The van der Waals surface area contributed by atoms with E-state index < -0.39 is 0 Å². The number of carbonyl (C=O) groups excluding carboxylic acids is 3. The summed E-state index contributed by atoms with van der Waals surface area (Å²) in [7, 11) is 0. The van der Waals surface area contributed by atoms with E-state index in [2.05, 4.69) is 20.3 Å². The lowest BCUT2D eigenvalue weighted by Crippen LogP contribution is -2.25. The van der Waals surface area contributed by atoms with Gasteiger partial charge in [-0.05, 0) is 37.6 Å². The van der Waals surface area contributed by atoms with Crippen molar-refractivity contribution in [3.63, 3.8) is 0 Å². The lowest BCUT2D eigenvalue weighted by molar-refractivity contribution is -0.107. The van der Waals surface area contributed by atoms with Crippen LogP contribution in [0, 0.1) is 13.8 Å². The minimum absolute atomic E-state index is 0.0538. The number of rotatable bonds is 7. The van der Waals surface area contributed by atoms with Crippen LogP contribution in [0.5, 0.6) is 0 Å². The standard InChI is InChI=1S/C24H22N4O3/c1-14-20(15(2)26-21(14)24(31)25-11-6-12-29)23-27-18-10-9-17(13-19(18)28-23)22(30)16-7-4-3-5-8-16/h3-5,7-10,12-13,26H,6,11H2,1-2H3,(H,25,31)(H,27,28). The molecule has 31 heavy (non-hydrogen) atoms. The largest absolute Gasteiger partial charge is 0.354 e. The van der Waals surface area contributed by atoms with E-state index in [4.69, 9.17) is 0 Å². The Labute approximate surface area is 178 Å². The van der Waals surface area contributed by atoms with Gasteiger partial charge in [0.25, 0.3) is 5.91 Å². The van der Waals surface area contributed by atoms with Gasteiger partial charge in [0.1, 0.15) is 17.8 Å². The van der Waals surface area contributed by atoms with Crippen molar-refractivity contribution in [2.75, 3.05) is 6.54 Å². The average Bonchev–Trinajstić information content (AvgIpc) is 3.32. The summed E-state index contributed by atoms with van der Waals surface area (Å²) in [5, 5.41) is 2.73. The number of nitrogens with one attached hydrogen (secondary N) is 3. The SMILES string of the molecule is Cc1[nH]c(C(=O)NCCC=O)c(C)c1-c1nc2ccc(C(=O)c3ccccc3)cc2[nH]1. The predicted molar refractivity (Wildman–Crippen MR) is 118 cm³/mol. The molecule has 0 unspecified atom stereocenters. The molecule has 4 aromatic rings. The molecule has 2 aromatic carbocycles. The first-order valence-corrected chi connectivity index (χ1v) is 10.0. The van der Waals surface area contributed by atoms with Gasteiger partial charge >= 0.3 is 0 Å². The van der Waals surface area contributed by atoms with Crippen molar-refractivity contribution in [2.24, 2.45) is 0 Å². The maximum atomic E-state index is 12.8. The van der Waals surface area contributed by atoms with Crippen molar-refractivity contribution in [2.45, 2.75) is 20.3 Å². The maximum absolute atomic E-state index is 12.8. The minimum Gasteiger partial charge on any atom is -0.354 e. The van der Waals surface area contributed by atoms with E-state index in [1.807, 2.05) is 38.1 Å². The zero-order valence-corrected chi connectivity index (χ0v) is 17.3. The van der Waals surface area contributed by atoms with Gasteiger partial charge in [-0.15, -0.1) is 0 Å². The maximum Gasteiger partial charge on any atom is 0.268 e. The number of aromatic nitrogens is 3. The Balaban J connectivity index is 1.67. The summed E-state index contributed by atoms with van der Waals surface area (Å²) in [6, 6.07) is 14.5. The van der Waals surface area contributed by atoms with Crippen LogP contribution in [0.1, 0.15) is 44.1 Å². The molecule has 0 spiro atoms. The molecule has 4 rings (SSSR count). The Morgan fingerprint density at radius 2 is 1.81 bits per heavy atom. The molecule has 7 heteroatoms. The van der Waals surface area contributed by atoms with Gasteiger partial charge in [0.15, 0.2) is 5.78 Å². The Kier molecular flexibility index (Phi) is 5.49. The number of ketones is 1. The summed E-state index contributed by atoms with van der Waals surface area (Å²) in [5.41, 5.74) is 5.51. The Bertz CT molecular complexity index is 1290. The smallest absolute Gasteiger partial charge is 0.268 e. The number of aldehydes is 1. The zero-order valence-electron chi connectivity index (χ0n) is 17.3. The third-order valence-electron chi connectivity index (χ3n) is 5.23.